The summed E-state index contributed by atoms with van der Waals surface area (Å²) in [5.74, 6) is 0. The minimum absolute atomic E-state index is 0.413. The molecule has 0 unspecified atom stereocenters. The van der Waals surface area contributed by atoms with Crippen molar-refractivity contribution in [3.05, 3.63) is 29.6 Å². The quantitative estimate of drug-likeness (QED) is 0.736. The largest absolute Gasteiger partial charge is 0.433 e. The molecule has 1 aromatic heterocycles. The van der Waals surface area contributed by atoms with Crippen LogP contribution in [0.3, 0.4) is 0 Å². The molecule has 13 heavy (non-hydrogen) atoms. The van der Waals surface area contributed by atoms with E-state index in [4.69, 9.17) is 5.73 Å². The first-order chi connectivity index (χ1) is 5.91. The number of hydrogen-bond acceptors (Lipinski definition) is 2. The lowest BCUT2D eigenvalue weighted by Crippen LogP contribution is -2.11. The minimum Gasteiger partial charge on any atom is -0.324 e. The number of pyridine rings is 1. The van der Waals surface area contributed by atoms with Crippen LogP contribution in [-0.2, 0) is 6.18 Å². The van der Waals surface area contributed by atoms with E-state index in [1.807, 2.05) is 0 Å². The van der Waals surface area contributed by atoms with Gasteiger partial charge in [-0.05, 0) is 24.6 Å². The van der Waals surface area contributed by atoms with Crippen molar-refractivity contribution >= 4 is 0 Å². The van der Waals surface area contributed by atoms with E-state index in [-0.39, 0.29) is 0 Å². The molecule has 2 N–H and O–H groups in total. The highest BCUT2D eigenvalue weighted by atomic mass is 19.4. The molecule has 1 atom stereocenters. The molecular weight excluding hydrogens is 181 g/mol. The lowest BCUT2D eigenvalue weighted by atomic mass is 10.1. The summed E-state index contributed by atoms with van der Waals surface area (Å²) < 4.78 is 36.4. The summed E-state index contributed by atoms with van der Waals surface area (Å²) in [6, 6.07) is 2.02. The Kier molecular flexibility index (Phi) is 2.56. The van der Waals surface area contributed by atoms with Crippen molar-refractivity contribution in [2.45, 2.75) is 19.1 Å². The van der Waals surface area contributed by atoms with Crippen LogP contribution >= 0.6 is 0 Å². The summed E-state index contributed by atoms with van der Waals surface area (Å²) in [6.07, 6.45) is -3.29. The highest BCUT2D eigenvalue weighted by molar-refractivity contribution is 5.20. The highest BCUT2D eigenvalue weighted by Gasteiger charge is 2.32. The van der Waals surface area contributed by atoms with Crippen molar-refractivity contribution in [1.82, 2.24) is 4.98 Å². The molecule has 0 aliphatic rings. The van der Waals surface area contributed by atoms with Gasteiger partial charge in [0, 0.05) is 12.2 Å². The van der Waals surface area contributed by atoms with Gasteiger partial charge in [-0.3, -0.25) is 4.98 Å². The van der Waals surface area contributed by atoms with E-state index in [1.54, 1.807) is 6.92 Å². The molecule has 0 radical (unpaired) electrons. The second-order valence-corrected chi connectivity index (χ2v) is 2.76. The van der Waals surface area contributed by atoms with Gasteiger partial charge >= 0.3 is 6.18 Å². The number of halogens is 3. The van der Waals surface area contributed by atoms with Gasteiger partial charge in [0.2, 0.25) is 0 Å². The van der Waals surface area contributed by atoms with Crippen molar-refractivity contribution in [1.29, 1.82) is 0 Å². The Morgan fingerprint density at radius 3 is 2.54 bits per heavy atom. The molecular formula is C8H9F3N2. The minimum atomic E-state index is -4.40. The van der Waals surface area contributed by atoms with Gasteiger partial charge in [-0.1, -0.05) is 0 Å². The van der Waals surface area contributed by atoms with Crippen LogP contribution in [0.25, 0.3) is 0 Å². The monoisotopic (exact) mass is 190 g/mol. The van der Waals surface area contributed by atoms with Crippen LogP contribution in [0.4, 0.5) is 13.2 Å². The fourth-order valence-electron chi connectivity index (χ4n) is 0.885. The summed E-state index contributed by atoms with van der Waals surface area (Å²) in [5, 5.41) is 0. The molecule has 0 amide bonds. The van der Waals surface area contributed by atoms with Gasteiger partial charge in [0.1, 0.15) is 5.69 Å². The topological polar surface area (TPSA) is 38.9 Å². The first kappa shape index (κ1) is 9.98. The summed E-state index contributed by atoms with van der Waals surface area (Å²) >= 11 is 0. The second kappa shape index (κ2) is 3.33. The average Bonchev–Trinajstić information content (AvgIpc) is 2.03. The third kappa shape index (κ3) is 2.42. The first-order valence-corrected chi connectivity index (χ1v) is 3.70. The maximum absolute atomic E-state index is 12.1. The van der Waals surface area contributed by atoms with Crippen molar-refractivity contribution in [2.75, 3.05) is 0 Å². The van der Waals surface area contributed by atoms with Crippen molar-refractivity contribution < 1.29 is 13.2 Å². The van der Waals surface area contributed by atoms with E-state index in [2.05, 4.69) is 4.98 Å². The Bertz CT molecular complexity index is 294. The molecule has 1 aromatic rings. The van der Waals surface area contributed by atoms with Gasteiger partial charge in [-0.2, -0.15) is 13.2 Å². The molecule has 0 aliphatic heterocycles. The van der Waals surface area contributed by atoms with Crippen LogP contribution < -0.4 is 5.73 Å². The Morgan fingerprint density at radius 1 is 1.46 bits per heavy atom. The SMILES string of the molecule is C[C@@H](N)c1ccnc(C(F)(F)F)c1. The number of aromatic nitrogens is 1. The maximum atomic E-state index is 12.1. The average molecular weight is 190 g/mol. The van der Waals surface area contributed by atoms with Gasteiger partial charge in [0.25, 0.3) is 0 Å². The molecule has 72 valence electrons. The van der Waals surface area contributed by atoms with E-state index < -0.39 is 17.9 Å². The zero-order valence-corrected chi connectivity index (χ0v) is 6.97. The molecule has 2 nitrogen and oxygen atoms in total. The van der Waals surface area contributed by atoms with Crippen molar-refractivity contribution in [2.24, 2.45) is 5.73 Å². The second-order valence-electron chi connectivity index (χ2n) is 2.76. The van der Waals surface area contributed by atoms with Gasteiger partial charge in [0.05, 0.1) is 0 Å². The van der Waals surface area contributed by atoms with E-state index in [0.29, 0.717) is 5.56 Å². The Morgan fingerprint density at radius 2 is 2.08 bits per heavy atom. The van der Waals surface area contributed by atoms with E-state index in [1.165, 1.54) is 6.07 Å². The molecule has 0 saturated heterocycles. The number of alkyl halides is 3. The number of nitrogens with two attached hydrogens (primary N) is 1. The Labute approximate surface area is 73.6 Å². The normalized spacial score (nSPS) is 14.2. The standard InChI is InChI=1S/C8H9F3N2/c1-5(12)6-2-3-13-7(4-6)8(9,10)11/h2-5H,12H2,1H3/t5-/m1/s1. The molecule has 0 saturated carbocycles. The lowest BCUT2D eigenvalue weighted by Gasteiger charge is -2.09. The van der Waals surface area contributed by atoms with Gasteiger partial charge < -0.3 is 5.73 Å². The number of rotatable bonds is 1. The van der Waals surface area contributed by atoms with Crippen LogP contribution in [0, 0.1) is 0 Å². The summed E-state index contributed by atoms with van der Waals surface area (Å²) in [7, 11) is 0. The van der Waals surface area contributed by atoms with Gasteiger partial charge in [-0.25, -0.2) is 0 Å². The molecule has 1 rings (SSSR count). The summed E-state index contributed by atoms with van der Waals surface area (Å²) in [4.78, 5) is 3.21. The van der Waals surface area contributed by atoms with Gasteiger partial charge in [0.15, 0.2) is 0 Å². The third-order valence-electron chi connectivity index (χ3n) is 1.60. The predicted octanol–water partition coefficient (Wildman–Crippen LogP) is 2.12. The zero-order chi connectivity index (χ0) is 10.1. The van der Waals surface area contributed by atoms with E-state index in [9.17, 15) is 13.2 Å². The van der Waals surface area contributed by atoms with Crippen molar-refractivity contribution in [3.8, 4) is 0 Å². The molecule has 1 heterocycles. The summed E-state index contributed by atoms with van der Waals surface area (Å²) in [6.45, 7) is 1.62. The zero-order valence-electron chi connectivity index (χ0n) is 6.97. The van der Waals surface area contributed by atoms with Gasteiger partial charge in [-0.15, -0.1) is 0 Å². The number of hydrogen-bond donors (Lipinski definition) is 1. The molecule has 0 fully saturated rings. The van der Waals surface area contributed by atoms with Crippen LogP contribution in [0.2, 0.25) is 0 Å². The Balaban J connectivity index is 3.06. The Hall–Kier alpha value is -1.10. The highest BCUT2D eigenvalue weighted by Crippen LogP contribution is 2.28. The van der Waals surface area contributed by atoms with Crippen molar-refractivity contribution in [3.63, 3.8) is 0 Å². The van der Waals surface area contributed by atoms with Crippen LogP contribution in [0.5, 0.6) is 0 Å². The molecule has 0 bridgehead atoms. The fraction of sp³-hybridized carbons (Fsp3) is 0.375. The third-order valence-corrected chi connectivity index (χ3v) is 1.60. The molecule has 5 heteroatoms. The van der Waals surface area contributed by atoms with Crippen LogP contribution in [-0.4, -0.2) is 4.98 Å². The lowest BCUT2D eigenvalue weighted by molar-refractivity contribution is -0.141. The number of nitrogens with zero attached hydrogens (tertiary/aromatic N) is 1. The van der Waals surface area contributed by atoms with Crippen LogP contribution in [0.1, 0.15) is 24.2 Å². The molecule has 0 aliphatic carbocycles. The van der Waals surface area contributed by atoms with E-state index >= 15 is 0 Å². The fourth-order valence-corrected chi connectivity index (χ4v) is 0.885. The summed E-state index contributed by atoms with van der Waals surface area (Å²) in [5.41, 5.74) is 4.96. The van der Waals surface area contributed by atoms with E-state index in [0.717, 1.165) is 12.3 Å². The molecule has 0 spiro atoms. The van der Waals surface area contributed by atoms with Crippen LogP contribution in [0.15, 0.2) is 18.3 Å². The molecule has 0 aromatic carbocycles. The predicted molar refractivity (Wildman–Crippen MR) is 41.8 cm³/mol. The maximum Gasteiger partial charge on any atom is 0.433 e. The first-order valence-electron chi connectivity index (χ1n) is 3.70. The smallest absolute Gasteiger partial charge is 0.324 e.